The Kier molecular flexibility index (Phi) is 6.37. The minimum atomic E-state index is -0.356. The van der Waals surface area contributed by atoms with Gasteiger partial charge in [-0.05, 0) is 19.1 Å². The summed E-state index contributed by atoms with van der Waals surface area (Å²) in [5.41, 5.74) is 3.96. The second-order valence-corrected chi connectivity index (χ2v) is 8.10. The van der Waals surface area contributed by atoms with Crippen molar-refractivity contribution in [2.75, 3.05) is 32.8 Å². The van der Waals surface area contributed by atoms with Gasteiger partial charge in [0.15, 0.2) is 4.80 Å². The first-order chi connectivity index (χ1) is 14.6. The minimum Gasteiger partial charge on any atom is -0.379 e. The van der Waals surface area contributed by atoms with Crippen molar-refractivity contribution in [1.29, 1.82) is 0 Å². The van der Waals surface area contributed by atoms with Gasteiger partial charge < -0.3 is 9.30 Å². The largest absolute Gasteiger partial charge is 0.379 e. The van der Waals surface area contributed by atoms with Gasteiger partial charge in [0, 0.05) is 49.3 Å². The summed E-state index contributed by atoms with van der Waals surface area (Å²) in [5, 5.41) is 13.3. The Morgan fingerprint density at radius 1 is 1.13 bits per heavy atom. The maximum Gasteiger partial charge on any atom is 0.270 e. The fourth-order valence-corrected chi connectivity index (χ4v) is 4.40. The van der Waals surface area contributed by atoms with Gasteiger partial charge in [0.05, 0.1) is 29.5 Å². The molecule has 1 aliphatic heterocycles. The van der Waals surface area contributed by atoms with Crippen molar-refractivity contribution in [3.8, 4) is 11.3 Å². The molecule has 2 aromatic carbocycles. The van der Waals surface area contributed by atoms with Crippen molar-refractivity contribution < 1.29 is 9.66 Å². The molecule has 1 saturated heterocycles. The van der Waals surface area contributed by atoms with Crippen molar-refractivity contribution in [1.82, 2.24) is 9.47 Å². The van der Waals surface area contributed by atoms with Gasteiger partial charge in [-0.3, -0.25) is 15.0 Å². The lowest BCUT2D eigenvalue weighted by Crippen LogP contribution is -2.39. The maximum absolute atomic E-state index is 11.2. The van der Waals surface area contributed by atoms with Crippen LogP contribution in [0.1, 0.15) is 5.56 Å². The van der Waals surface area contributed by atoms with Crippen LogP contribution in [0.3, 0.4) is 0 Å². The van der Waals surface area contributed by atoms with Crippen LogP contribution in [0, 0.1) is 17.0 Å². The Morgan fingerprint density at radius 2 is 1.90 bits per heavy atom. The van der Waals surface area contributed by atoms with E-state index in [1.807, 2.05) is 35.7 Å². The molecule has 156 valence electrons. The number of ether oxygens (including phenoxy) is 1. The zero-order valence-corrected chi connectivity index (χ0v) is 17.7. The van der Waals surface area contributed by atoms with E-state index in [4.69, 9.17) is 9.73 Å². The molecule has 2 heterocycles. The highest BCUT2D eigenvalue weighted by molar-refractivity contribution is 7.07. The van der Waals surface area contributed by atoms with Crippen LogP contribution in [-0.4, -0.2) is 47.2 Å². The van der Waals surface area contributed by atoms with Crippen LogP contribution in [0.2, 0.25) is 0 Å². The average molecular weight is 425 g/mol. The highest BCUT2D eigenvalue weighted by Crippen LogP contribution is 2.25. The van der Waals surface area contributed by atoms with Gasteiger partial charge in [-0.15, -0.1) is 11.3 Å². The molecule has 0 spiro atoms. The number of nitro benzene ring substituents is 1. The molecule has 0 radical (unpaired) electrons. The lowest BCUT2D eigenvalue weighted by atomic mass is 10.1. The lowest BCUT2D eigenvalue weighted by molar-refractivity contribution is -0.384. The predicted octanol–water partition coefficient (Wildman–Crippen LogP) is 4.00. The number of benzene rings is 2. The molecule has 0 saturated carbocycles. The monoisotopic (exact) mass is 424 g/mol. The average Bonchev–Trinajstić information content (AvgIpc) is 3.17. The molecule has 1 aliphatic rings. The second kappa shape index (κ2) is 9.34. The lowest BCUT2D eigenvalue weighted by Gasteiger charge is -2.26. The third kappa shape index (κ3) is 4.84. The molecule has 3 aromatic rings. The molecule has 30 heavy (non-hydrogen) atoms. The first-order valence-electron chi connectivity index (χ1n) is 9.95. The van der Waals surface area contributed by atoms with E-state index in [9.17, 15) is 10.1 Å². The summed E-state index contributed by atoms with van der Waals surface area (Å²) in [7, 11) is 0. The smallest absolute Gasteiger partial charge is 0.270 e. The molecule has 0 atom stereocenters. The van der Waals surface area contributed by atoms with Crippen molar-refractivity contribution in [3.63, 3.8) is 0 Å². The molecule has 0 unspecified atom stereocenters. The molecule has 0 aliphatic carbocycles. The summed E-state index contributed by atoms with van der Waals surface area (Å²) in [6.45, 7) is 7.04. The van der Waals surface area contributed by atoms with Crippen LogP contribution in [0.4, 0.5) is 11.4 Å². The molecule has 4 rings (SSSR count). The van der Waals surface area contributed by atoms with E-state index < -0.39 is 0 Å². The number of hydrogen-bond donors (Lipinski definition) is 0. The van der Waals surface area contributed by atoms with Gasteiger partial charge in [0.1, 0.15) is 0 Å². The van der Waals surface area contributed by atoms with E-state index in [0.29, 0.717) is 0 Å². The molecule has 1 aromatic heterocycles. The molecule has 0 N–H and O–H groups in total. The Morgan fingerprint density at radius 3 is 2.63 bits per heavy atom. The van der Waals surface area contributed by atoms with E-state index in [-0.39, 0.29) is 10.6 Å². The zero-order chi connectivity index (χ0) is 20.9. The molecule has 7 nitrogen and oxygen atoms in total. The second-order valence-electron chi connectivity index (χ2n) is 7.26. The first-order valence-corrected chi connectivity index (χ1v) is 10.8. The topological polar surface area (TPSA) is 72.9 Å². The van der Waals surface area contributed by atoms with Crippen molar-refractivity contribution in [2.24, 2.45) is 4.99 Å². The zero-order valence-electron chi connectivity index (χ0n) is 16.9. The van der Waals surface area contributed by atoms with Gasteiger partial charge in [-0.2, -0.15) is 0 Å². The summed E-state index contributed by atoms with van der Waals surface area (Å²) < 4.78 is 7.61. The molecule has 1 fully saturated rings. The number of aryl methyl sites for hydroxylation is 1. The van der Waals surface area contributed by atoms with E-state index in [1.54, 1.807) is 23.5 Å². The van der Waals surface area contributed by atoms with Crippen molar-refractivity contribution in [3.05, 3.63) is 74.4 Å². The molecule has 0 bridgehead atoms. The Bertz CT molecular complexity index is 1080. The number of non-ortho nitro benzene ring substituents is 1. The quantitative estimate of drug-likeness (QED) is 0.443. The number of morpholine rings is 1. The number of hydrogen-bond acceptors (Lipinski definition) is 6. The van der Waals surface area contributed by atoms with Crippen molar-refractivity contribution >= 4 is 22.7 Å². The SMILES string of the molecule is Cc1ccc(N=c2scc(-c3cccc([N+](=O)[O-])c3)n2CCN2CCOCC2)cc1. The van der Waals surface area contributed by atoms with Crippen molar-refractivity contribution in [2.45, 2.75) is 13.5 Å². The summed E-state index contributed by atoms with van der Waals surface area (Å²) in [4.78, 5) is 19.0. The van der Waals surface area contributed by atoms with Crippen LogP contribution < -0.4 is 4.80 Å². The number of aromatic nitrogens is 1. The predicted molar refractivity (Wildman–Crippen MR) is 118 cm³/mol. The summed E-state index contributed by atoms with van der Waals surface area (Å²) in [6, 6.07) is 14.9. The van der Waals surface area contributed by atoms with Crippen LogP contribution in [0.25, 0.3) is 11.3 Å². The minimum absolute atomic E-state index is 0.0930. The van der Waals surface area contributed by atoms with Crippen LogP contribution >= 0.6 is 11.3 Å². The van der Waals surface area contributed by atoms with E-state index in [0.717, 1.165) is 61.1 Å². The molecule has 8 heteroatoms. The fourth-order valence-electron chi connectivity index (χ4n) is 3.44. The van der Waals surface area contributed by atoms with E-state index in [2.05, 4.69) is 16.4 Å². The first kappa shape index (κ1) is 20.5. The fraction of sp³-hybridized carbons (Fsp3) is 0.318. The molecular weight excluding hydrogens is 400 g/mol. The Hall–Kier alpha value is -2.81. The number of rotatable bonds is 6. The van der Waals surface area contributed by atoms with Gasteiger partial charge in [-0.25, -0.2) is 4.99 Å². The molecule has 0 amide bonds. The Balaban J connectivity index is 1.72. The summed E-state index contributed by atoms with van der Waals surface area (Å²) in [5.74, 6) is 0. The van der Waals surface area contributed by atoms with Gasteiger partial charge in [0.2, 0.25) is 0 Å². The summed E-state index contributed by atoms with van der Waals surface area (Å²) >= 11 is 1.55. The number of nitro groups is 1. The third-order valence-electron chi connectivity index (χ3n) is 5.15. The third-order valence-corrected chi connectivity index (χ3v) is 6.02. The van der Waals surface area contributed by atoms with Gasteiger partial charge in [0.25, 0.3) is 5.69 Å². The van der Waals surface area contributed by atoms with E-state index >= 15 is 0 Å². The highest BCUT2D eigenvalue weighted by atomic mass is 32.1. The summed E-state index contributed by atoms with van der Waals surface area (Å²) in [6.07, 6.45) is 0. The van der Waals surface area contributed by atoms with E-state index in [1.165, 1.54) is 11.6 Å². The Labute approximate surface area is 179 Å². The number of thiazole rings is 1. The van der Waals surface area contributed by atoms with Crippen LogP contribution in [0.15, 0.2) is 58.9 Å². The van der Waals surface area contributed by atoms with Crippen LogP contribution in [0.5, 0.6) is 0 Å². The van der Waals surface area contributed by atoms with Gasteiger partial charge in [-0.1, -0.05) is 29.8 Å². The standard InChI is InChI=1S/C22H24N4O3S/c1-17-5-7-19(8-6-17)23-22-25(10-9-24-11-13-29-14-12-24)21(16-30-22)18-3-2-4-20(15-18)26(27)28/h2-8,15-16H,9-14H2,1H3. The maximum atomic E-state index is 11.2. The van der Waals surface area contributed by atoms with Crippen LogP contribution in [-0.2, 0) is 11.3 Å². The normalized spacial score (nSPS) is 15.4. The van der Waals surface area contributed by atoms with Gasteiger partial charge >= 0.3 is 0 Å². The highest BCUT2D eigenvalue weighted by Gasteiger charge is 2.15. The molecular formula is C22H24N4O3S. The number of nitrogens with zero attached hydrogens (tertiary/aromatic N) is 4.